The lowest BCUT2D eigenvalue weighted by atomic mass is 10.3. The molecule has 2 aromatic heterocycles. The van der Waals surface area contributed by atoms with Crippen LogP contribution in [-0.4, -0.2) is 19.7 Å². The van der Waals surface area contributed by atoms with E-state index in [0.717, 1.165) is 33.3 Å². The molecule has 0 aliphatic carbocycles. The number of nitrogens with zero attached hydrogens (tertiary/aromatic N) is 3. The van der Waals surface area contributed by atoms with Gasteiger partial charge in [0, 0.05) is 24.7 Å². The zero-order valence-corrected chi connectivity index (χ0v) is 10.7. The van der Waals surface area contributed by atoms with E-state index in [1.54, 1.807) is 16.4 Å². The summed E-state index contributed by atoms with van der Waals surface area (Å²) in [5.74, 6) is 0.802. The number of nitrogen functional groups attached to an aromatic ring is 1. The number of rotatable bonds is 3. The molecule has 5 nitrogen and oxygen atoms in total. The third-order valence-electron chi connectivity index (χ3n) is 2.61. The fourth-order valence-electron chi connectivity index (χ4n) is 1.75. The Morgan fingerprint density at radius 1 is 1.39 bits per heavy atom. The van der Waals surface area contributed by atoms with E-state index >= 15 is 0 Å². The number of aromatic nitrogens is 4. The molecule has 0 fully saturated rings. The van der Waals surface area contributed by atoms with Crippen molar-refractivity contribution in [3.05, 3.63) is 36.2 Å². The van der Waals surface area contributed by atoms with Crippen molar-refractivity contribution in [3.8, 4) is 0 Å². The molecule has 2 heterocycles. The average molecular weight is 259 g/mol. The van der Waals surface area contributed by atoms with Crippen LogP contribution >= 0.6 is 11.8 Å². The van der Waals surface area contributed by atoms with E-state index < -0.39 is 0 Å². The summed E-state index contributed by atoms with van der Waals surface area (Å²) < 4.78 is 1.80. The number of aromatic amines is 1. The van der Waals surface area contributed by atoms with Crippen LogP contribution in [0.25, 0.3) is 11.0 Å². The van der Waals surface area contributed by atoms with Crippen molar-refractivity contribution >= 4 is 28.5 Å². The second-order valence-electron chi connectivity index (χ2n) is 4.09. The number of benzene rings is 1. The average Bonchev–Trinajstić information content (AvgIpc) is 2.92. The van der Waals surface area contributed by atoms with Crippen molar-refractivity contribution in [1.29, 1.82) is 0 Å². The second-order valence-corrected chi connectivity index (χ2v) is 5.05. The highest BCUT2D eigenvalue weighted by Crippen LogP contribution is 2.23. The minimum Gasteiger partial charge on any atom is -0.399 e. The van der Waals surface area contributed by atoms with Crippen LogP contribution in [0.2, 0.25) is 0 Å². The normalized spacial score (nSPS) is 11.2. The molecule has 3 N–H and O–H groups in total. The lowest BCUT2D eigenvalue weighted by molar-refractivity contribution is 0.754. The molecular formula is C12H13N5S. The Balaban J connectivity index is 1.78. The molecule has 92 valence electrons. The maximum Gasteiger partial charge on any atom is 0.166 e. The molecule has 0 spiro atoms. The largest absolute Gasteiger partial charge is 0.399 e. The fourth-order valence-corrected chi connectivity index (χ4v) is 2.54. The molecule has 3 aromatic rings. The van der Waals surface area contributed by atoms with Gasteiger partial charge >= 0.3 is 0 Å². The van der Waals surface area contributed by atoms with Gasteiger partial charge in [-0.15, -0.1) is 0 Å². The molecule has 0 radical (unpaired) electrons. The summed E-state index contributed by atoms with van der Waals surface area (Å²) in [6, 6.07) is 7.68. The van der Waals surface area contributed by atoms with Crippen LogP contribution in [-0.2, 0) is 12.8 Å². The number of anilines is 1. The lowest BCUT2D eigenvalue weighted by Gasteiger charge is -1.93. The van der Waals surface area contributed by atoms with E-state index in [-0.39, 0.29) is 0 Å². The van der Waals surface area contributed by atoms with E-state index in [1.165, 1.54) is 0 Å². The topological polar surface area (TPSA) is 72.5 Å². The monoisotopic (exact) mass is 259 g/mol. The van der Waals surface area contributed by atoms with Crippen molar-refractivity contribution in [3.63, 3.8) is 0 Å². The van der Waals surface area contributed by atoms with Crippen LogP contribution in [0.5, 0.6) is 0 Å². The molecule has 0 aliphatic rings. The first kappa shape index (κ1) is 11.2. The zero-order valence-electron chi connectivity index (χ0n) is 9.92. The highest BCUT2D eigenvalue weighted by molar-refractivity contribution is 7.98. The van der Waals surface area contributed by atoms with Crippen LogP contribution in [0.3, 0.4) is 0 Å². The number of fused-ring (bicyclic) bond motifs is 1. The van der Waals surface area contributed by atoms with Gasteiger partial charge in [-0.3, -0.25) is 4.68 Å². The van der Waals surface area contributed by atoms with Gasteiger partial charge in [-0.05, 0) is 24.3 Å². The summed E-state index contributed by atoms with van der Waals surface area (Å²) in [5, 5.41) is 5.22. The first-order chi connectivity index (χ1) is 8.70. The van der Waals surface area contributed by atoms with Gasteiger partial charge in [0.2, 0.25) is 0 Å². The van der Waals surface area contributed by atoms with Gasteiger partial charge in [-0.1, -0.05) is 11.8 Å². The van der Waals surface area contributed by atoms with Crippen LogP contribution in [0.15, 0.2) is 35.6 Å². The molecule has 0 bridgehead atoms. The van der Waals surface area contributed by atoms with E-state index in [4.69, 9.17) is 5.73 Å². The van der Waals surface area contributed by atoms with Crippen molar-refractivity contribution in [2.75, 3.05) is 5.73 Å². The molecular weight excluding hydrogens is 246 g/mol. The molecule has 1 aromatic carbocycles. The number of H-pyrrole nitrogens is 1. The SMILES string of the molecule is Cn1ccc(CSc2nc3ccc(N)cc3[nH]2)n1. The molecule has 0 unspecified atom stereocenters. The summed E-state index contributed by atoms with van der Waals surface area (Å²) in [6.07, 6.45) is 1.94. The number of hydrogen-bond acceptors (Lipinski definition) is 4. The molecule has 18 heavy (non-hydrogen) atoms. The summed E-state index contributed by atoms with van der Waals surface area (Å²) >= 11 is 1.64. The van der Waals surface area contributed by atoms with Crippen molar-refractivity contribution in [2.45, 2.75) is 10.9 Å². The Morgan fingerprint density at radius 3 is 3.06 bits per heavy atom. The van der Waals surface area contributed by atoms with E-state index in [9.17, 15) is 0 Å². The van der Waals surface area contributed by atoms with Crippen LogP contribution in [0.1, 0.15) is 5.69 Å². The van der Waals surface area contributed by atoms with Gasteiger partial charge in [-0.2, -0.15) is 5.10 Å². The maximum atomic E-state index is 5.73. The summed E-state index contributed by atoms with van der Waals surface area (Å²) in [5.41, 5.74) is 9.43. The minimum absolute atomic E-state index is 0.743. The van der Waals surface area contributed by atoms with Gasteiger partial charge in [0.25, 0.3) is 0 Å². The van der Waals surface area contributed by atoms with Gasteiger partial charge < -0.3 is 10.7 Å². The highest BCUT2D eigenvalue weighted by Gasteiger charge is 2.05. The predicted molar refractivity (Wildman–Crippen MR) is 73.3 cm³/mol. The van der Waals surface area contributed by atoms with Gasteiger partial charge in [0.05, 0.1) is 16.7 Å². The number of hydrogen-bond donors (Lipinski definition) is 2. The minimum atomic E-state index is 0.743. The number of nitrogens with one attached hydrogen (secondary N) is 1. The molecule has 3 rings (SSSR count). The standard InChI is InChI=1S/C12H13N5S/c1-17-5-4-9(16-17)7-18-12-14-10-3-2-8(13)6-11(10)15-12/h2-6H,7,13H2,1H3,(H,14,15). The first-order valence-electron chi connectivity index (χ1n) is 5.57. The number of thioether (sulfide) groups is 1. The molecule has 0 saturated heterocycles. The smallest absolute Gasteiger partial charge is 0.166 e. The molecule has 0 atom stereocenters. The third kappa shape index (κ3) is 2.19. The number of imidazole rings is 1. The summed E-state index contributed by atoms with van der Waals surface area (Å²) in [7, 11) is 1.91. The van der Waals surface area contributed by atoms with Gasteiger partial charge in [0.15, 0.2) is 5.16 Å². The van der Waals surface area contributed by atoms with Crippen molar-refractivity contribution < 1.29 is 0 Å². The summed E-state index contributed by atoms with van der Waals surface area (Å²) in [4.78, 5) is 7.74. The predicted octanol–water partition coefficient (Wildman–Crippen LogP) is 2.17. The molecule has 6 heteroatoms. The third-order valence-corrected chi connectivity index (χ3v) is 3.52. The Kier molecular flexibility index (Phi) is 2.71. The van der Waals surface area contributed by atoms with E-state index in [0.29, 0.717) is 0 Å². The second kappa shape index (κ2) is 4.38. The Bertz CT molecular complexity index is 685. The fraction of sp³-hybridized carbons (Fsp3) is 0.167. The van der Waals surface area contributed by atoms with Gasteiger partial charge in [0.1, 0.15) is 0 Å². The lowest BCUT2D eigenvalue weighted by Crippen LogP contribution is -1.89. The van der Waals surface area contributed by atoms with E-state index in [2.05, 4.69) is 15.1 Å². The van der Waals surface area contributed by atoms with Gasteiger partial charge in [-0.25, -0.2) is 4.98 Å². The molecule has 0 amide bonds. The quantitative estimate of drug-likeness (QED) is 0.558. The Labute approximate surface area is 108 Å². The first-order valence-corrected chi connectivity index (χ1v) is 6.56. The van der Waals surface area contributed by atoms with Crippen LogP contribution in [0, 0.1) is 0 Å². The maximum absolute atomic E-state index is 5.73. The van der Waals surface area contributed by atoms with E-state index in [1.807, 2.05) is 37.5 Å². The molecule has 0 saturated carbocycles. The Hall–Kier alpha value is -1.95. The number of aryl methyl sites for hydroxylation is 1. The molecule has 0 aliphatic heterocycles. The summed E-state index contributed by atoms with van der Waals surface area (Å²) in [6.45, 7) is 0. The van der Waals surface area contributed by atoms with Crippen molar-refractivity contribution in [2.24, 2.45) is 7.05 Å². The highest BCUT2D eigenvalue weighted by atomic mass is 32.2. The van der Waals surface area contributed by atoms with Crippen molar-refractivity contribution in [1.82, 2.24) is 19.7 Å². The zero-order chi connectivity index (χ0) is 12.5. The number of nitrogens with two attached hydrogens (primary N) is 1. The van der Waals surface area contributed by atoms with Crippen LogP contribution in [0.4, 0.5) is 5.69 Å². The Morgan fingerprint density at radius 2 is 2.28 bits per heavy atom. The van der Waals surface area contributed by atoms with Crippen LogP contribution < -0.4 is 5.73 Å².